The molecule has 0 radical (unpaired) electrons. The third kappa shape index (κ3) is 2.59. The molecule has 0 aliphatic carbocycles. The van der Waals surface area contributed by atoms with Crippen LogP contribution in [-0.4, -0.2) is 27.1 Å². The molecule has 0 amide bonds. The lowest BCUT2D eigenvalue weighted by Gasteiger charge is -2.12. The van der Waals surface area contributed by atoms with Crippen molar-refractivity contribution in [2.75, 3.05) is 7.11 Å². The highest BCUT2D eigenvalue weighted by atomic mass is 35.5. The van der Waals surface area contributed by atoms with Crippen LogP contribution < -0.4 is 4.74 Å². The second-order valence-corrected chi connectivity index (χ2v) is 5.14. The zero-order chi connectivity index (χ0) is 16.8. The van der Waals surface area contributed by atoms with Gasteiger partial charge in [-0.2, -0.15) is 18.3 Å². The number of alkyl halides is 3. The summed E-state index contributed by atoms with van der Waals surface area (Å²) in [5, 5.41) is 12.7. The van der Waals surface area contributed by atoms with Gasteiger partial charge in [0, 0.05) is 12.6 Å². The van der Waals surface area contributed by atoms with Crippen LogP contribution in [0.3, 0.4) is 0 Å². The molecule has 0 bridgehead atoms. The second kappa shape index (κ2) is 5.38. The number of hydrogen-bond donors (Lipinski definition) is 0. The molecular weight excluding hydrogens is 333 g/mol. The van der Waals surface area contributed by atoms with Crippen molar-refractivity contribution >= 4 is 22.5 Å². The normalized spacial score (nSPS) is 11.9. The van der Waals surface area contributed by atoms with E-state index in [9.17, 15) is 13.2 Å². The first-order valence-corrected chi connectivity index (χ1v) is 6.80. The van der Waals surface area contributed by atoms with E-state index >= 15 is 0 Å². The first kappa shape index (κ1) is 15.5. The summed E-state index contributed by atoms with van der Waals surface area (Å²) in [7, 11) is 2.98. The largest absolute Gasteiger partial charge is 0.496 e. The number of ether oxygens (including phenoxy) is 1. The molecule has 3 aromatic rings. The quantitative estimate of drug-likeness (QED) is 0.712. The fourth-order valence-electron chi connectivity index (χ4n) is 2.31. The third-order valence-corrected chi connectivity index (χ3v) is 3.67. The molecule has 0 saturated carbocycles. The zero-order valence-electron chi connectivity index (χ0n) is 12.0. The van der Waals surface area contributed by atoms with Crippen LogP contribution in [0.25, 0.3) is 22.2 Å². The van der Waals surface area contributed by atoms with Gasteiger partial charge in [-0.3, -0.25) is 4.68 Å². The molecule has 3 rings (SSSR count). The van der Waals surface area contributed by atoms with Crippen LogP contribution >= 0.6 is 11.6 Å². The molecule has 0 fully saturated rings. The Bertz CT molecular complexity index is 892. The molecule has 0 aliphatic heterocycles. The summed E-state index contributed by atoms with van der Waals surface area (Å²) in [6.45, 7) is 0. The maximum atomic E-state index is 12.8. The van der Waals surface area contributed by atoms with Gasteiger partial charge in [0.25, 0.3) is 0 Å². The maximum absolute atomic E-state index is 12.8. The van der Waals surface area contributed by atoms with E-state index in [1.54, 1.807) is 7.05 Å². The number of aromatic nitrogens is 4. The Morgan fingerprint density at radius 3 is 2.61 bits per heavy atom. The smallest absolute Gasteiger partial charge is 0.416 e. The van der Waals surface area contributed by atoms with Crippen molar-refractivity contribution in [1.82, 2.24) is 20.0 Å². The summed E-state index contributed by atoms with van der Waals surface area (Å²) in [5.74, 6) is 0.0431. The number of hydrogen-bond acceptors (Lipinski definition) is 4. The summed E-state index contributed by atoms with van der Waals surface area (Å²) in [6.07, 6.45) is -2.93. The highest BCUT2D eigenvalue weighted by Crippen LogP contribution is 2.38. The molecule has 2 heterocycles. The molecule has 2 aromatic heterocycles. The van der Waals surface area contributed by atoms with Crippen molar-refractivity contribution in [3.8, 4) is 17.0 Å². The van der Waals surface area contributed by atoms with Gasteiger partial charge in [0.15, 0.2) is 5.15 Å². The molecule has 23 heavy (non-hydrogen) atoms. The average molecular weight is 343 g/mol. The Morgan fingerprint density at radius 1 is 1.22 bits per heavy atom. The molecule has 0 atom stereocenters. The molecule has 0 N–H and O–H groups in total. The SMILES string of the molecule is COc1cc(C(F)(F)F)ccc1-c1nnc(Cl)c2c1cnn2C. The van der Waals surface area contributed by atoms with Crippen LogP contribution in [0.1, 0.15) is 5.56 Å². The van der Waals surface area contributed by atoms with Crippen LogP contribution in [0.4, 0.5) is 13.2 Å². The average Bonchev–Trinajstić information content (AvgIpc) is 2.89. The van der Waals surface area contributed by atoms with E-state index in [0.29, 0.717) is 22.2 Å². The van der Waals surface area contributed by atoms with Gasteiger partial charge in [-0.15, -0.1) is 10.2 Å². The van der Waals surface area contributed by atoms with Crippen LogP contribution in [0.2, 0.25) is 5.15 Å². The first-order chi connectivity index (χ1) is 10.8. The van der Waals surface area contributed by atoms with E-state index < -0.39 is 11.7 Å². The van der Waals surface area contributed by atoms with E-state index in [1.165, 1.54) is 24.1 Å². The van der Waals surface area contributed by atoms with Gasteiger partial charge in [0.2, 0.25) is 0 Å². The monoisotopic (exact) mass is 342 g/mol. The fraction of sp³-hybridized carbons (Fsp3) is 0.214. The van der Waals surface area contributed by atoms with Gasteiger partial charge in [0.05, 0.1) is 24.3 Å². The molecule has 0 unspecified atom stereocenters. The maximum Gasteiger partial charge on any atom is 0.416 e. The predicted molar refractivity (Wildman–Crippen MR) is 78.3 cm³/mol. The van der Waals surface area contributed by atoms with E-state index in [4.69, 9.17) is 16.3 Å². The minimum Gasteiger partial charge on any atom is -0.496 e. The van der Waals surface area contributed by atoms with Gasteiger partial charge in [-0.25, -0.2) is 0 Å². The first-order valence-electron chi connectivity index (χ1n) is 6.42. The van der Waals surface area contributed by atoms with E-state index in [-0.39, 0.29) is 10.9 Å². The van der Waals surface area contributed by atoms with Crippen molar-refractivity contribution in [3.63, 3.8) is 0 Å². The topological polar surface area (TPSA) is 52.8 Å². The van der Waals surface area contributed by atoms with Crippen molar-refractivity contribution in [2.24, 2.45) is 7.05 Å². The number of aryl methyl sites for hydroxylation is 1. The van der Waals surface area contributed by atoms with Crippen molar-refractivity contribution in [1.29, 1.82) is 0 Å². The minimum absolute atomic E-state index is 0.0431. The number of halogens is 4. The number of rotatable bonds is 2. The lowest BCUT2D eigenvalue weighted by molar-refractivity contribution is -0.137. The van der Waals surface area contributed by atoms with Crippen molar-refractivity contribution < 1.29 is 17.9 Å². The lowest BCUT2D eigenvalue weighted by Crippen LogP contribution is -2.05. The van der Waals surface area contributed by atoms with E-state index in [0.717, 1.165) is 12.1 Å². The summed E-state index contributed by atoms with van der Waals surface area (Å²) < 4.78 is 45.1. The molecule has 0 saturated heterocycles. The van der Waals surface area contributed by atoms with Crippen molar-refractivity contribution in [2.45, 2.75) is 6.18 Å². The molecule has 0 aliphatic rings. The van der Waals surface area contributed by atoms with Gasteiger partial charge in [0.1, 0.15) is 17.0 Å². The van der Waals surface area contributed by atoms with E-state index in [1.807, 2.05) is 0 Å². The molecule has 5 nitrogen and oxygen atoms in total. The Kier molecular flexibility index (Phi) is 3.63. The van der Waals surface area contributed by atoms with Crippen LogP contribution in [0.15, 0.2) is 24.4 Å². The standard InChI is InChI=1S/C14H10ClF3N4O/c1-22-12-9(6-19-22)11(20-21-13(12)15)8-4-3-7(14(16,17)18)5-10(8)23-2/h3-6H,1-2H3. The Morgan fingerprint density at radius 2 is 1.96 bits per heavy atom. The highest BCUT2D eigenvalue weighted by Gasteiger charge is 2.31. The molecular formula is C14H10ClF3N4O. The molecule has 0 spiro atoms. The number of benzene rings is 1. The Hall–Kier alpha value is -2.35. The highest BCUT2D eigenvalue weighted by molar-refractivity contribution is 6.34. The van der Waals surface area contributed by atoms with Crippen LogP contribution in [0.5, 0.6) is 5.75 Å². The van der Waals surface area contributed by atoms with Gasteiger partial charge in [-0.05, 0) is 18.2 Å². The predicted octanol–water partition coefficient (Wildman–Crippen LogP) is 3.71. The molecule has 9 heteroatoms. The number of methoxy groups -OCH3 is 1. The van der Waals surface area contributed by atoms with Crippen molar-refractivity contribution in [3.05, 3.63) is 35.1 Å². The Balaban J connectivity index is 2.25. The third-order valence-electron chi connectivity index (χ3n) is 3.41. The summed E-state index contributed by atoms with van der Waals surface area (Å²) >= 11 is 6.01. The lowest BCUT2D eigenvalue weighted by atomic mass is 10.0. The van der Waals surface area contributed by atoms with E-state index in [2.05, 4.69) is 15.3 Å². The van der Waals surface area contributed by atoms with Gasteiger partial charge < -0.3 is 4.74 Å². The molecule has 120 valence electrons. The molecule has 1 aromatic carbocycles. The summed E-state index contributed by atoms with van der Waals surface area (Å²) in [6, 6.07) is 3.19. The minimum atomic E-state index is -4.46. The summed E-state index contributed by atoms with van der Waals surface area (Å²) in [5.41, 5.74) is 0.465. The number of nitrogens with zero attached hydrogens (tertiary/aromatic N) is 4. The zero-order valence-corrected chi connectivity index (χ0v) is 12.8. The van der Waals surface area contributed by atoms with Gasteiger partial charge in [-0.1, -0.05) is 11.6 Å². The fourth-order valence-corrected chi connectivity index (χ4v) is 2.57. The second-order valence-electron chi connectivity index (χ2n) is 4.78. The summed E-state index contributed by atoms with van der Waals surface area (Å²) in [4.78, 5) is 0. The Labute approximate surface area is 133 Å². The van der Waals surface area contributed by atoms with Gasteiger partial charge >= 0.3 is 6.18 Å². The van der Waals surface area contributed by atoms with Crippen LogP contribution in [-0.2, 0) is 13.2 Å². The van der Waals surface area contributed by atoms with Crippen LogP contribution in [0, 0.1) is 0 Å². The number of fused-ring (bicyclic) bond motifs is 1.